The highest BCUT2D eigenvalue weighted by Gasteiger charge is 2.19. The maximum atomic E-state index is 12.3. The van der Waals surface area contributed by atoms with Crippen molar-refractivity contribution in [2.24, 2.45) is 0 Å². The highest BCUT2D eigenvalue weighted by molar-refractivity contribution is 7.98. The van der Waals surface area contributed by atoms with E-state index >= 15 is 0 Å². The summed E-state index contributed by atoms with van der Waals surface area (Å²) in [5, 5.41) is 3.20. The maximum absolute atomic E-state index is 12.3. The molecule has 2 N–H and O–H groups in total. The molecule has 5 nitrogen and oxygen atoms in total. The molecule has 0 aliphatic carbocycles. The third-order valence-corrected chi connectivity index (χ3v) is 5.11. The molecule has 1 rings (SSSR count). The summed E-state index contributed by atoms with van der Waals surface area (Å²) in [6, 6.07) is 5.17. The third-order valence-electron chi connectivity index (χ3n) is 2.91. The van der Waals surface area contributed by atoms with Crippen LogP contribution in [0.5, 0.6) is 5.75 Å². The molecule has 0 atom stereocenters. The van der Waals surface area contributed by atoms with E-state index in [0.29, 0.717) is 18.8 Å². The second-order valence-electron chi connectivity index (χ2n) is 4.51. The summed E-state index contributed by atoms with van der Waals surface area (Å²) in [5.41, 5.74) is 0.995. The van der Waals surface area contributed by atoms with Crippen LogP contribution in [0.15, 0.2) is 23.1 Å². The van der Waals surface area contributed by atoms with Gasteiger partial charge in [-0.15, -0.1) is 0 Å². The molecule has 0 fully saturated rings. The summed E-state index contributed by atoms with van der Waals surface area (Å²) in [4.78, 5) is 0.189. The van der Waals surface area contributed by atoms with E-state index in [2.05, 4.69) is 10.0 Å². The lowest BCUT2D eigenvalue weighted by Gasteiger charge is -2.12. The summed E-state index contributed by atoms with van der Waals surface area (Å²) in [6.45, 7) is 4.01. The Kier molecular flexibility index (Phi) is 8.10. The van der Waals surface area contributed by atoms with Crippen LogP contribution < -0.4 is 14.8 Å². The molecule has 0 unspecified atom stereocenters. The largest absolute Gasteiger partial charge is 0.495 e. The van der Waals surface area contributed by atoms with Crippen molar-refractivity contribution in [3.05, 3.63) is 23.8 Å². The van der Waals surface area contributed by atoms with Crippen LogP contribution in [0.4, 0.5) is 0 Å². The van der Waals surface area contributed by atoms with Crippen LogP contribution >= 0.6 is 11.8 Å². The highest BCUT2D eigenvalue weighted by Crippen LogP contribution is 2.24. The molecule has 0 bridgehead atoms. The van der Waals surface area contributed by atoms with Crippen LogP contribution in [0, 0.1) is 0 Å². The first-order chi connectivity index (χ1) is 10.0. The monoisotopic (exact) mass is 332 g/mol. The van der Waals surface area contributed by atoms with E-state index in [4.69, 9.17) is 4.74 Å². The number of nitrogens with one attached hydrogen (secondary N) is 2. The van der Waals surface area contributed by atoms with Crippen molar-refractivity contribution < 1.29 is 13.2 Å². The minimum absolute atomic E-state index is 0.189. The van der Waals surface area contributed by atoms with Gasteiger partial charge in [-0.1, -0.05) is 13.0 Å². The summed E-state index contributed by atoms with van der Waals surface area (Å²) in [6.07, 6.45) is 2.81. The number of ether oxygens (including phenoxy) is 1. The fourth-order valence-corrected chi connectivity index (χ4v) is 3.47. The van der Waals surface area contributed by atoms with Crippen LogP contribution in [0.25, 0.3) is 0 Å². The number of hydrogen-bond donors (Lipinski definition) is 2. The lowest BCUT2D eigenvalue weighted by molar-refractivity contribution is 0.401. The molecule has 21 heavy (non-hydrogen) atoms. The van der Waals surface area contributed by atoms with Crippen LogP contribution in [0.1, 0.15) is 18.9 Å². The molecule has 0 spiro atoms. The first kappa shape index (κ1) is 18.3. The molecule has 0 aliphatic rings. The molecule has 120 valence electrons. The molecule has 1 aromatic carbocycles. The Balaban J connectivity index is 2.85. The van der Waals surface area contributed by atoms with Gasteiger partial charge in [0.25, 0.3) is 0 Å². The van der Waals surface area contributed by atoms with E-state index in [9.17, 15) is 8.42 Å². The average molecular weight is 332 g/mol. The standard InChI is InChI=1S/C14H24N2O3S2/c1-4-15-11-12-6-7-14(13(10-12)19-2)21(17,18)16-8-5-9-20-3/h6-7,10,15-16H,4-5,8-9,11H2,1-3H3. The van der Waals surface area contributed by atoms with Gasteiger partial charge in [-0.3, -0.25) is 0 Å². The lowest BCUT2D eigenvalue weighted by atomic mass is 10.2. The minimum atomic E-state index is -3.53. The highest BCUT2D eigenvalue weighted by atomic mass is 32.2. The number of hydrogen-bond acceptors (Lipinski definition) is 5. The van der Waals surface area contributed by atoms with Gasteiger partial charge in [0, 0.05) is 13.1 Å². The Bertz CT molecular complexity index is 533. The van der Waals surface area contributed by atoms with Crippen LogP contribution in [0.3, 0.4) is 0 Å². The van der Waals surface area contributed by atoms with Crippen molar-refractivity contribution in [3.8, 4) is 5.75 Å². The van der Waals surface area contributed by atoms with Crippen LogP contribution in [0.2, 0.25) is 0 Å². The minimum Gasteiger partial charge on any atom is -0.495 e. The zero-order valence-electron chi connectivity index (χ0n) is 12.8. The molecular formula is C14H24N2O3S2. The van der Waals surface area contributed by atoms with Gasteiger partial charge >= 0.3 is 0 Å². The Morgan fingerprint density at radius 3 is 2.71 bits per heavy atom. The normalized spacial score (nSPS) is 11.6. The third kappa shape index (κ3) is 5.86. The van der Waals surface area contributed by atoms with E-state index in [1.165, 1.54) is 7.11 Å². The van der Waals surface area contributed by atoms with Gasteiger partial charge < -0.3 is 10.1 Å². The maximum Gasteiger partial charge on any atom is 0.244 e. The predicted molar refractivity (Wildman–Crippen MR) is 88.6 cm³/mol. The average Bonchev–Trinajstić information content (AvgIpc) is 2.49. The SMILES string of the molecule is CCNCc1ccc(S(=O)(=O)NCCCSC)c(OC)c1. The second kappa shape index (κ2) is 9.30. The Morgan fingerprint density at radius 2 is 2.10 bits per heavy atom. The molecule has 0 amide bonds. The summed E-state index contributed by atoms with van der Waals surface area (Å²) >= 11 is 1.70. The molecule has 0 radical (unpaired) electrons. The topological polar surface area (TPSA) is 67.4 Å². The van der Waals surface area contributed by atoms with E-state index in [0.717, 1.165) is 24.3 Å². The zero-order valence-corrected chi connectivity index (χ0v) is 14.4. The predicted octanol–water partition coefficient (Wildman–Crippen LogP) is 1.84. The van der Waals surface area contributed by atoms with E-state index in [-0.39, 0.29) is 4.90 Å². The Hall–Kier alpha value is -0.760. The van der Waals surface area contributed by atoms with E-state index < -0.39 is 10.0 Å². The van der Waals surface area contributed by atoms with Gasteiger partial charge in [0.1, 0.15) is 10.6 Å². The van der Waals surface area contributed by atoms with Gasteiger partial charge in [0.15, 0.2) is 0 Å². The number of sulfonamides is 1. The van der Waals surface area contributed by atoms with Crippen molar-refractivity contribution in [1.29, 1.82) is 0 Å². The Morgan fingerprint density at radius 1 is 1.33 bits per heavy atom. The molecular weight excluding hydrogens is 308 g/mol. The lowest BCUT2D eigenvalue weighted by Crippen LogP contribution is -2.25. The first-order valence-corrected chi connectivity index (χ1v) is 9.79. The van der Waals surface area contributed by atoms with Crippen molar-refractivity contribution in [2.45, 2.75) is 24.8 Å². The van der Waals surface area contributed by atoms with E-state index in [1.54, 1.807) is 23.9 Å². The molecule has 0 heterocycles. The molecule has 1 aromatic rings. The number of rotatable bonds is 10. The van der Waals surface area contributed by atoms with Crippen molar-refractivity contribution >= 4 is 21.8 Å². The van der Waals surface area contributed by atoms with Crippen LogP contribution in [-0.4, -0.2) is 40.6 Å². The van der Waals surface area contributed by atoms with Gasteiger partial charge in [0.2, 0.25) is 10.0 Å². The quantitative estimate of drug-likeness (QED) is 0.640. The van der Waals surface area contributed by atoms with Gasteiger partial charge in [-0.2, -0.15) is 11.8 Å². The smallest absolute Gasteiger partial charge is 0.244 e. The van der Waals surface area contributed by atoms with Gasteiger partial charge in [-0.05, 0) is 42.7 Å². The first-order valence-electron chi connectivity index (χ1n) is 6.91. The van der Waals surface area contributed by atoms with Gasteiger partial charge in [-0.25, -0.2) is 13.1 Å². The van der Waals surface area contributed by atoms with Crippen molar-refractivity contribution in [1.82, 2.24) is 10.0 Å². The Labute approximate surface area is 131 Å². The fourth-order valence-electron chi connectivity index (χ4n) is 1.81. The van der Waals surface area contributed by atoms with Crippen LogP contribution in [-0.2, 0) is 16.6 Å². The number of thioether (sulfide) groups is 1. The molecule has 0 saturated carbocycles. The summed E-state index contributed by atoms with van der Waals surface area (Å²) < 4.78 is 32.4. The summed E-state index contributed by atoms with van der Waals surface area (Å²) in [7, 11) is -2.04. The molecule has 7 heteroatoms. The van der Waals surface area contributed by atoms with Gasteiger partial charge in [0.05, 0.1) is 7.11 Å². The van der Waals surface area contributed by atoms with E-state index in [1.807, 2.05) is 19.2 Å². The molecule has 0 aromatic heterocycles. The number of methoxy groups -OCH3 is 1. The second-order valence-corrected chi connectivity index (χ2v) is 7.23. The number of benzene rings is 1. The van der Waals surface area contributed by atoms with Crippen molar-refractivity contribution in [2.75, 3.05) is 32.2 Å². The van der Waals surface area contributed by atoms with Crippen molar-refractivity contribution in [3.63, 3.8) is 0 Å². The fraction of sp³-hybridized carbons (Fsp3) is 0.571. The summed E-state index contributed by atoms with van der Waals surface area (Å²) in [5.74, 6) is 1.31. The molecule has 0 aliphatic heterocycles. The zero-order chi connectivity index (χ0) is 15.7. The molecule has 0 saturated heterocycles.